The second-order valence-corrected chi connectivity index (χ2v) is 7.43. The lowest BCUT2D eigenvalue weighted by atomic mass is 10.1. The van der Waals surface area contributed by atoms with Crippen LogP contribution in [0.2, 0.25) is 0 Å². The number of thioether (sulfide) groups is 1. The van der Waals surface area contributed by atoms with Crippen molar-refractivity contribution in [3.05, 3.63) is 29.8 Å². The minimum atomic E-state index is -1.25. The Bertz CT molecular complexity index is 743. The normalized spacial score (nSPS) is 13.7. The van der Waals surface area contributed by atoms with Gasteiger partial charge in [-0.3, -0.25) is 19.2 Å². The van der Waals surface area contributed by atoms with Crippen molar-refractivity contribution in [2.45, 2.75) is 31.0 Å². The average molecular weight is 443 g/mol. The molecule has 1 aromatic rings. The van der Waals surface area contributed by atoms with Crippen LogP contribution in [-0.2, 0) is 19.2 Å². The number of carbonyl (C=O) groups is 4. The zero-order valence-corrected chi connectivity index (χ0v) is 16.8. The Labute approximate surface area is 176 Å². The number of hydrogen-bond donors (Lipinski definition) is 7. The molecule has 3 atom stereocenters. The van der Waals surface area contributed by atoms with Crippen LogP contribution in [0, 0.1) is 0 Å². The highest BCUT2D eigenvalue weighted by atomic mass is 32.2. The fourth-order valence-electron chi connectivity index (χ4n) is 2.24. The standard InChI is InChI=1S/C18H25N3O8S/c19-12(18(28)29)5-6-15(24)21-13(17(27)20-7-16(25)26)8-30-9-14(23)10-1-3-11(22)4-2-10/h1-4,12-14,22-23H,5-9,19H2,(H,20,27)(H,21,24)(H,25,26)(H,28,29). The van der Waals surface area contributed by atoms with E-state index in [-0.39, 0.29) is 30.1 Å². The number of rotatable bonds is 13. The number of hydrogen-bond acceptors (Lipinski definition) is 8. The van der Waals surface area contributed by atoms with E-state index in [0.717, 1.165) is 11.8 Å². The topological polar surface area (TPSA) is 199 Å². The van der Waals surface area contributed by atoms with Crippen molar-refractivity contribution in [1.82, 2.24) is 10.6 Å². The molecule has 30 heavy (non-hydrogen) atoms. The Morgan fingerprint density at radius 3 is 2.27 bits per heavy atom. The van der Waals surface area contributed by atoms with E-state index in [1.807, 2.05) is 0 Å². The zero-order chi connectivity index (χ0) is 22.7. The minimum Gasteiger partial charge on any atom is -0.508 e. The van der Waals surface area contributed by atoms with Gasteiger partial charge >= 0.3 is 11.9 Å². The molecule has 0 saturated carbocycles. The van der Waals surface area contributed by atoms with Gasteiger partial charge in [0, 0.05) is 17.9 Å². The van der Waals surface area contributed by atoms with E-state index >= 15 is 0 Å². The fraction of sp³-hybridized carbons (Fsp3) is 0.444. The monoisotopic (exact) mass is 443 g/mol. The number of carboxylic acid groups (broad SMARTS) is 2. The first-order valence-electron chi connectivity index (χ1n) is 8.92. The van der Waals surface area contributed by atoms with Gasteiger partial charge in [-0.1, -0.05) is 12.1 Å². The second kappa shape index (κ2) is 12.7. The summed E-state index contributed by atoms with van der Waals surface area (Å²) in [5.41, 5.74) is 5.90. The van der Waals surface area contributed by atoms with Crippen LogP contribution in [0.1, 0.15) is 24.5 Å². The Morgan fingerprint density at radius 1 is 1.07 bits per heavy atom. The quantitative estimate of drug-likeness (QED) is 0.199. The molecular formula is C18H25N3O8S. The third-order valence-corrected chi connectivity index (χ3v) is 5.02. The number of aliphatic hydroxyl groups excluding tert-OH is 1. The molecule has 0 heterocycles. The van der Waals surface area contributed by atoms with Crippen LogP contribution in [0.3, 0.4) is 0 Å². The molecule has 2 amide bonds. The molecule has 11 nitrogen and oxygen atoms in total. The Morgan fingerprint density at radius 2 is 1.70 bits per heavy atom. The van der Waals surface area contributed by atoms with Crippen LogP contribution in [0.15, 0.2) is 24.3 Å². The highest BCUT2D eigenvalue weighted by Gasteiger charge is 2.23. The highest BCUT2D eigenvalue weighted by molar-refractivity contribution is 7.99. The van der Waals surface area contributed by atoms with Crippen LogP contribution >= 0.6 is 11.8 Å². The lowest BCUT2D eigenvalue weighted by Gasteiger charge is -2.19. The van der Waals surface area contributed by atoms with Crippen LogP contribution < -0.4 is 16.4 Å². The molecule has 8 N–H and O–H groups in total. The molecule has 0 aromatic heterocycles. The number of carbonyl (C=O) groups excluding carboxylic acids is 2. The maximum Gasteiger partial charge on any atom is 0.322 e. The van der Waals surface area contributed by atoms with Crippen LogP contribution in [0.5, 0.6) is 5.75 Å². The van der Waals surface area contributed by atoms with Gasteiger partial charge in [0.15, 0.2) is 0 Å². The van der Waals surface area contributed by atoms with Gasteiger partial charge in [0.25, 0.3) is 0 Å². The van der Waals surface area contributed by atoms with E-state index in [4.69, 9.17) is 15.9 Å². The highest BCUT2D eigenvalue weighted by Crippen LogP contribution is 2.21. The summed E-state index contributed by atoms with van der Waals surface area (Å²) < 4.78 is 0. The summed E-state index contributed by atoms with van der Waals surface area (Å²) in [6.45, 7) is -0.629. The van der Waals surface area contributed by atoms with Gasteiger partial charge in [0.1, 0.15) is 24.4 Å². The van der Waals surface area contributed by atoms with E-state index in [0.29, 0.717) is 5.56 Å². The average Bonchev–Trinajstić information content (AvgIpc) is 2.69. The first-order chi connectivity index (χ1) is 14.1. The predicted molar refractivity (Wildman–Crippen MR) is 108 cm³/mol. The molecule has 12 heteroatoms. The number of amides is 2. The third kappa shape index (κ3) is 9.58. The molecule has 0 aliphatic carbocycles. The van der Waals surface area contributed by atoms with E-state index in [9.17, 15) is 29.4 Å². The minimum absolute atomic E-state index is 0.0390. The summed E-state index contributed by atoms with van der Waals surface area (Å²) in [4.78, 5) is 45.6. The Kier molecular flexibility index (Phi) is 10.6. The number of aliphatic carboxylic acids is 2. The number of aromatic hydroxyl groups is 1. The van der Waals surface area contributed by atoms with E-state index in [1.54, 1.807) is 12.1 Å². The van der Waals surface area contributed by atoms with Crippen LogP contribution in [0.25, 0.3) is 0 Å². The number of phenolic OH excluding ortho intramolecular Hbond substituents is 1. The fourth-order valence-corrected chi connectivity index (χ4v) is 3.26. The number of carboxylic acids is 2. The molecule has 0 aliphatic heterocycles. The smallest absolute Gasteiger partial charge is 0.322 e. The number of phenols is 1. The van der Waals surface area contributed by atoms with Gasteiger partial charge in [-0.05, 0) is 24.1 Å². The number of nitrogens with one attached hydrogen (secondary N) is 2. The molecule has 166 valence electrons. The summed E-state index contributed by atoms with van der Waals surface area (Å²) in [6.07, 6.45) is -1.24. The summed E-state index contributed by atoms with van der Waals surface area (Å²) in [7, 11) is 0. The SMILES string of the molecule is NC(CCC(=O)NC(CSCC(O)c1ccc(O)cc1)C(=O)NCC(=O)O)C(=O)O. The molecule has 0 bridgehead atoms. The van der Waals surface area contributed by atoms with Crippen molar-refractivity contribution in [2.24, 2.45) is 5.73 Å². The largest absolute Gasteiger partial charge is 0.508 e. The van der Waals surface area contributed by atoms with E-state index < -0.39 is 48.5 Å². The van der Waals surface area contributed by atoms with Gasteiger partial charge in [0.05, 0.1) is 6.10 Å². The van der Waals surface area contributed by atoms with Gasteiger partial charge < -0.3 is 36.8 Å². The molecular weight excluding hydrogens is 418 g/mol. The molecule has 0 aliphatic rings. The van der Waals surface area contributed by atoms with Crippen molar-refractivity contribution in [3.63, 3.8) is 0 Å². The summed E-state index contributed by atoms with van der Waals surface area (Å²) in [5, 5.41) is 41.5. The van der Waals surface area contributed by atoms with Crippen molar-refractivity contribution >= 4 is 35.5 Å². The van der Waals surface area contributed by atoms with Gasteiger partial charge in [0.2, 0.25) is 11.8 Å². The van der Waals surface area contributed by atoms with Gasteiger partial charge in [-0.2, -0.15) is 11.8 Å². The molecule has 1 aromatic carbocycles. The van der Waals surface area contributed by atoms with Crippen molar-refractivity contribution in [1.29, 1.82) is 0 Å². The number of benzene rings is 1. The lowest BCUT2D eigenvalue weighted by molar-refractivity contribution is -0.139. The van der Waals surface area contributed by atoms with Gasteiger partial charge in [-0.25, -0.2) is 0 Å². The molecule has 3 unspecified atom stereocenters. The molecule has 0 radical (unpaired) electrons. The number of nitrogens with two attached hydrogens (primary N) is 1. The van der Waals surface area contributed by atoms with Gasteiger partial charge in [-0.15, -0.1) is 0 Å². The molecule has 0 fully saturated rings. The maximum atomic E-state index is 12.2. The van der Waals surface area contributed by atoms with E-state index in [2.05, 4.69) is 10.6 Å². The Hall–Kier alpha value is -2.83. The first kappa shape index (κ1) is 25.2. The Balaban J connectivity index is 2.62. The second-order valence-electron chi connectivity index (χ2n) is 6.36. The first-order valence-corrected chi connectivity index (χ1v) is 10.1. The summed E-state index contributed by atoms with van der Waals surface area (Å²) in [5.74, 6) is -3.57. The van der Waals surface area contributed by atoms with Crippen LogP contribution in [0.4, 0.5) is 0 Å². The molecule has 1 rings (SSSR count). The van der Waals surface area contributed by atoms with Crippen molar-refractivity contribution < 1.29 is 39.6 Å². The predicted octanol–water partition coefficient (Wildman–Crippen LogP) is -0.963. The van der Waals surface area contributed by atoms with Crippen LogP contribution in [-0.4, -0.2) is 74.3 Å². The third-order valence-electron chi connectivity index (χ3n) is 3.90. The zero-order valence-electron chi connectivity index (χ0n) is 16.0. The van der Waals surface area contributed by atoms with E-state index in [1.165, 1.54) is 12.1 Å². The molecule has 0 saturated heterocycles. The lowest BCUT2D eigenvalue weighted by Crippen LogP contribution is -2.49. The number of aliphatic hydroxyl groups is 1. The summed E-state index contributed by atoms with van der Waals surface area (Å²) >= 11 is 1.15. The maximum absolute atomic E-state index is 12.2. The van der Waals surface area contributed by atoms with Crippen molar-refractivity contribution in [3.8, 4) is 5.75 Å². The summed E-state index contributed by atoms with van der Waals surface area (Å²) in [6, 6.07) is 3.64. The molecule has 0 spiro atoms. The van der Waals surface area contributed by atoms with Crippen molar-refractivity contribution in [2.75, 3.05) is 18.1 Å².